The van der Waals surface area contributed by atoms with Crippen molar-refractivity contribution >= 4 is 39.5 Å². The maximum atomic E-state index is 12.5. The van der Waals surface area contributed by atoms with Crippen LogP contribution in [0, 0.1) is 0 Å². The van der Waals surface area contributed by atoms with E-state index in [1.807, 2.05) is 30.3 Å². The van der Waals surface area contributed by atoms with Crippen molar-refractivity contribution in [2.24, 2.45) is 0 Å². The molecule has 0 aliphatic carbocycles. The van der Waals surface area contributed by atoms with E-state index in [2.05, 4.69) is 10.3 Å². The minimum absolute atomic E-state index is 0.223. The van der Waals surface area contributed by atoms with Gasteiger partial charge in [-0.25, -0.2) is 4.98 Å². The van der Waals surface area contributed by atoms with Gasteiger partial charge in [-0.2, -0.15) is 0 Å². The van der Waals surface area contributed by atoms with Gasteiger partial charge in [0.05, 0.1) is 19.7 Å². The number of carbonyl (C=O) groups is 1. The van der Waals surface area contributed by atoms with E-state index in [4.69, 9.17) is 25.5 Å². The fourth-order valence-electron chi connectivity index (χ4n) is 3.15. The highest BCUT2D eigenvalue weighted by Crippen LogP contribution is 2.28. The number of halogens is 1. The summed E-state index contributed by atoms with van der Waals surface area (Å²) in [4.78, 5) is 16.9. The summed E-state index contributed by atoms with van der Waals surface area (Å²) in [5.41, 5.74) is 2.15. The van der Waals surface area contributed by atoms with Gasteiger partial charge in [-0.3, -0.25) is 4.79 Å². The third-order valence-corrected chi connectivity index (χ3v) is 4.87. The molecule has 0 spiro atoms. The molecule has 148 valence electrons. The lowest BCUT2D eigenvalue weighted by molar-refractivity contribution is 0.0928. The normalized spacial score (nSPS) is 11.0. The monoisotopic (exact) mass is 410 g/mol. The van der Waals surface area contributed by atoms with E-state index in [1.165, 1.54) is 0 Å². The van der Waals surface area contributed by atoms with Crippen molar-refractivity contribution in [3.05, 3.63) is 64.9 Å². The maximum Gasteiger partial charge on any atom is 0.287 e. The minimum atomic E-state index is -0.287. The van der Waals surface area contributed by atoms with Crippen LogP contribution in [0.2, 0.25) is 5.02 Å². The van der Waals surface area contributed by atoms with Crippen molar-refractivity contribution in [3.8, 4) is 11.5 Å². The van der Waals surface area contributed by atoms with Gasteiger partial charge in [0.1, 0.15) is 0 Å². The lowest BCUT2D eigenvalue weighted by Crippen LogP contribution is -2.25. The molecule has 4 rings (SSSR count). The Kier molecular flexibility index (Phi) is 5.27. The molecule has 0 radical (unpaired) electrons. The smallest absolute Gasteiger partial charge is 0.287 e. The zero-order chi connectivity index (χ0) is 20.4. The number of carbonyl (C=O) groups excluding carboxylic acids is 1. The first-order valence-electron chi connectivity index (χ1n) is 9.06. The molecule has 6 nitrogen and oxygen atoms in total. The van der Waals surface area contributed by atoms with Gasteiger partial charge < -0.3 is 19.2 Å². The Balaban J connectivity index is 1.45. The van der Waals surface area contributed by atoms with Crippen LogP contribution in [0.4, 0.5) is 0 Å². The van der Waals surface area contributed by atoms with Crippen LogP contribution in [0.5, 0.6) is 11.5 Å². The summed E-state index contributed by atoms with van der Waals surface area (Å²) in [7, 11) is 3.19. The van der Waals surface area contributed by atoms with Crippen LogP contribution < -0.4 is 14.8 Å². The maximum absolute atomic E-state index is 12.5. The lowest BCUT2D eigenvalue weighted by atomic mass is 10.1. The van der Waals surface area contributed by atoms with Crippen molar-refractivity contribution in [1.29, 1.82) is 0 Å². The highest BCUT2D eigenvalue weighted by Gasteiger charge is 2.14. The van der Waals surface area contributed by atoms with Crippen LogP contribution in [-0.2, 0) is 6.42 Å². The van der Waals surface area contributed by atoms with E-state index in [0.29, 0.717) is 35.2 Å². The summed E-state index contributed by atoms with van der Waals surface area (Å²) in [6.45, 7) is 0.455. The number of methoxy groups -OCH3 is 2. The van der Waals surface area contributed by atoms with Crippen LogP contribution in [0.1, 0.15) is 16.1 Å². The van der Waals surface area contributed by atoms with Crippen LogP contribution >= 0.6 is 11.6 Å². The highest BCUT2D eigenvalue weighted by atomic mass is 35.5. The molecule has 0 saturated carbocycles. The molecule has 0 aliphatic heterocycles. The number of ether oxygens (including phenoxy) is 2. The second-order valence-corrected chi connectivity index (χ2v) is 6.96. The minimum Gasteiger partial charge on any atom is -0.493 e. The van der Waals surface area contributed by atoms with Crippen molar-refractivity contribution in [3.63, 3.8) is 0 Å². The fourth-order valence-corrected chi connectivity index (χ4v) is 3.32. The van der Waals surface area contributed by atoms with Crippen LogP contribution in [-0.4, -0.2) is 31.7 Å². The van der Waals surface area contributed by atoms with Crippen LogP contribution in [0.15, 0.2) is 52.9 Å². The van der Waals surface area contributed by atoms with Gasteiger partial charge in [0.15, 0.2) is 17.3 Å². The molecule has 29 heavy (non-hydrogen) atoms. The molecule has 0 bridgehead atoms. The predicted molar refractivity (Wildman–Crippen MR) is 112 cm³/mol. The van der Waals surface area contributed by atoms with E-state index in [1.54, 1.807) is 32.4 Å². The summed E-state index contributed by atoms with van der Waals surface area (Å²) in [6, 6.07) is 14.8. The van der Waals surface area contributed by atoms with Gasteiger partial charge in [0.2, 0.25) is 5.71 Å². The second kappa shape index (κ2) is 8.01. The largest absolute Gasteiger partial charge is 0.493 e. The Morgan fingerprint density at radius 3 is 2.66 bits per heavy atom. The Labute approximate surface area is 172 Å². The molecule has 0 atom stereocenters. The number of hydrogen-bond donors (Lipinski definition) is 1. The molecule has 0 saturated heterocycles. The quantitative estimate of drug-likeness (QED) is 0.502. The molecular formula is C22H19ClN2O4. The average Bonchev–Trinajstić information content (AvgIpc) is 3.14. The zero-order valence-electron chi connectivity index (χ0n) is 16.0. The Morgan fingerprint density at radius 2 is 1.86 bits per heavy atom. The third-order valence-electron chi connectivity index (χ3n) is 4.64. The molecule has 1 amide bonds. The third kappa shape index (κ3) is 3.98. The fraction of sp³-hybridized carbons (Fsp3) is 0.182. The van der Waals surface area contributed by atoms with Crippen molar-refractivity contribution in [2.45, 2.75) is 6.42 Å². The molecule has 0 fully saturated rings. The number of fused-ring (bicyclic) bond motifs is 2. The highest BCUT2D eigenvalue weighted by molar-refractivity contribution is 6.31. The molecule has 2 aromatic carbocycles. The number of benzene rings is 2. The van der Waals surface area contributed by atoms with Gasteiger partial charge in [0, 0.05) is 22.3 Å². The first kappa shape index (κ1) is 19.1. The number of nitrogens with one attached hydrogen (secondary N) is 1. The number of rotatable bonds is 6. The van der Waals surface area contributed by atoms with Crippen LogP contribution in [0.3, 0.4) is 0 Å². The first-order chi connectivity index (χ1) is 14.1. The molecule has 2 heterocycles. The molecule has 7 heteroatoms. The number of nitrogens with zero attached hydrogens (tertiary/aromatic N) is 1. The number of pyridine rings is 1. The van der Waals surface area contributed by atoms with Crippen molar-refractivity contribution in [2.75, 3.05) is 20.8 Å². The van der Waals surface area contributed by atoms with Gasteiger partial charge in [0.25, 0.3) is 5.91 Å². The zero-order valence-corrected chi connectivity index (χ0v) is 16.7. The average molecular weight is 411 g/mol. The standard InChI is InChI=1S/C22H19ClN2O4/c1-27-18-6-3-13(9-19(18)28-2)7-8-24-21(26)20-11-15-10-14-4-5-16(23)12-17(14)25-22(15)29-20/h3-6,9-12H,7-8H2,1-2H3,(H,24,26). The van der Waals surface area contributed by atoms with Gasteiger partial charge >= 0.3 is 0 Å². The van der Waals surface area contributed by atoms with Gasteiger partial charge in [-0.1, -0.05) is 23.7 Å². The Morgan fingerprint density at radius 1 is 1.03 bits per heavy atom. The van der Waals surface area contributed by atoms with E-state index in [9.17, 15) is 4.79 Å². The lowest BCUT2D eigenvalue weighted by Gasteiger charge is -2.09. The molecule has 1 N–H and O–H groups in total. The van der Waals surface area contributed by atoms with E-state index >= 15 is 0 Å². The summed E-state index contributed by atoms with van der Waals surface area (Å²) in [5.74, 6) is 1.27. The Hall–Kier alpha value is -3.25. The molecule has 0 unspecified atom stereocenters. The van der Waals surface area contributed by atoms with Crippen molar-refractivity contribution in [1.82, 2.24) is 10.3 Å². The molecule has 4 aromatic rings. The Bertz CT molecular complexity index is 1200. The summed E-state index contributed by atoms with van der Waals surface area (Å²) in [6.07, 6.45) is 0.646. The number of furan rings is 1. The second-order valence-electron chi connectivity index (χ2n) is 6.53. The molecule has 2 aromatic heterocycles. The van der Waals surface area contributed by atoms with Gasteiger partial charge in [-0.15, -0.1) is 0 Å². The number of aromatic nitrogens is 1. The van der Waals surface area contributed by atoms with E-state index < -0.39 is 0 Å². The van der Waals surface area contributed by atoms with Crippen LogP contribution in [0.25, 0.3) is 22.0 Å². The first-order valence-corrected chi connectivity index (χ1v) is 9.44. The molecular weight excluding hydrogens is 392 g/mol. The number of amides is 1. The van der Waals surface area contributed by atoms with E-state index in [-0.39, 0.29) is 11.7 Å². The van der Waals surface area contributed by atoms with Crippen molar-refractivity contribution < 1.29 is 18.7 Å². The summed E-state index contributed by atoms with van der Waals surface area (Å²) >= 11 is 6.02. The number of hydrogen-bond acceptors (Lipinski definition) is 5. The van der Waals surface area contributed by atoms with E-state index in [0.717, 1.165) is 21.9 Å². The summed E-state index contributed by atoms with van der Waals surface area (Å²) in [5, 5.41) is 5.17. The molecule has 0 aliphatic rings. The topological polar surface area (TPSA) is 73.6 Å². The predicted octanol–water partition coefficient (Wildman–Crippen LogP) is 4.62. The SMILES string of the molecule is COc1ccc(CCNC(=O)c2cc3cc4ccc(Cl)cc4nc3o2)cc1OC. The van der Waals surface area contributed by atoms with Gasteiger partial charge in [-0.05, 0) is 48.4 Å². The summed E-state index contributed by atoms with van der Waals surface area (Å²) < 4.78 is 16.2.